The van der Waals surface area contributed by atoms with Crippen molar-refractivity contribution in [3.8, 4) is 0 Å². The van der Waals surface area contributed by atoms with Crippen LogP contribution in [0.4, 0.5) is 16.2 Å². The second kappa shape index (κ2) is 8.72. The second-order valence-corrected chi connectivity index (χ2v) is 7.01. The lowest BCUT2D eigenvalue weighted by Gasteiger charge is -2.38. The number of aliphatic imine (C=N–C) groups is 1. The number of guanidine groups is 1. The first-order valence-corrected chi connectivity index (χ1v) is 8.54. The summed E-state index contributed by atoms with van der Waals surface area (Å²) in [5.74, 6) is 0.416. The summed E-state index contributed by atoms with van der Waals surface area (Å²) in [7, 11) is 1.94. The Morgan fingerprint density at radius 2 is 2.08 bits per heavy atom. The van der Waals surface area contributed by atoms with Gasteiger partial charge in [0.2, 0.25) is 5.96 Å². The monoisotopic (exact) mass is 363 g/mol. The SMILES string of the molecule is CN(CCN=C1Nc2ccccc2N([O-])N1)CCNC(=O)OC(C)(C)C. The quantitative estimate of drug-likeness (QED) is 0.707. The van der Waals surface area contributed by atoms with Crippen LogP contribution < -0.4 is 21.2 Å². The number of ether oxygens (including phenoxy) is 1. The van der Waals surface area contributed by atoms with E-state index in [1.807, 2.05) is 44.9 Å². The van der Waals surface area contributed by atoms with Crippen LogP contribution in [0.3, 0.4) is 0 Å². The molecule has 1 amide bonds. The summed E-state index contributed by atoms with van der Waals surface area (Å²) in [6, 6.07) is 7.21. The molecule has 0 aliphatic carbocycles. The summed E-state index contributed by atoms with van der Waals surface area (Å²) in [6.45, 7) is 7.82. The summed E-state index contributed by atoms with van der Waals surface area (Å²) >= 11 is 0. The van der Waals surface area contributed by atoms with Crippen molar-refractivity contribution in [1.82, 2.24) is 15.6 Å². The van der Waals surface area contributed by atoms with E-state index >= 15 is 0 Å². The van der Waals surface area contributed by atoms with Crippen molar-refractivity contribution in [3.63, 3.8) is 0 Å². The molecule has 1 aliphatic heterocycles. The van der Waals surface area contributed by atoms with Gasteiger partial charge in [-0.15, -0.1) is 0 Å². The molecule has 0 atom stereocenters. The van der Waals surface area contributed by atoms with Crippen LogP contribution in [0, 0.1) is 5.21 Å². The zero-order valence-electron chi connectivity index (χ0n) is 15.7. The molecule has 144 valence electrons. The number of rotatable bonds is 6. The molecule has 0 unspecified atom stereocenters. The molecule has 26 heavy (non-hydrogen) atoms. The Morgan fingerprint density at radius 3 is 2.81 bits per heavy atom. The first kappa shape index (κ1) is 19.8. The van der Waals surface area contributed by atoms with E-state index in [1.165, 1.54) is 0 Å². The Kier molecular flexibility index (Phi) is 6.64. The van der Waals surface area contributed by atoms with Gasteiger partial charge in [0.1, 0.15) is 5.60 Å². The maximum Gasteiger partial charge on any atom is 0.407 e. The van der Waals surface area contributed by atoms with Gasteiger partial charge >= 0.3 is 6.09 Å². The topological polar surface area (TPSA) is 104 Å². The molecule has 0 saturated heterocycles. The van der Waals surface area contributed by atoms with E-state index in [0.29, 0.717) is 43.0 Å². The number of nitrogens with zero attached hydrogens (tertiary/aromatic N) is 3. The first-order valence-electron chi connectivity index (χ1n) is 8.54. The molecule has 0 fully saturated rings. The number of carbonyl (C=O) groups is 1. The number of benzene rings is 1. The lowest BCUT2D eigenvalue weighted by molar-refractivity contribution is 0.0524. The molecule has 0 saturated carbocycles. The Morgan fingerprint density at radius 1 is 1.35 bits per heavy atom. The summed E-state index contributed by atoms with van der Waals surface area (Å²) < 4.78 is 5.18. The third-order valence-electron chi connectivity index (χ3n) is 3.50. The lowest BCUT2D eigenvalue weighted by Crippen LogP contribution is -2.46. The second-order valence-electron chi connectivity index (χ2n) is 7.01. The zero-order chi connectivity index (χ0) is 19.2. The van der Waals surface area contributed by atoms with Crippen LogP contribution in [-0.4, -0.2) is 55.8 Å². The molecule has 1 heterocycles. The Labute approximate surface area is 153 Å². The van der Waals surface area contributed by atoms with Crippen LogP contribution in [0.25, 0.3) is 0 Å². The highest BCUT2D eigenvalue weighted by Gasteiger charge is 2.16. The molecule has 1 aromatic rings. The molecule has 0 bridgehead atoms. The zero-order valence-corrected chi connectivity index (χ0v) is 15.7. The Balaban J connectivity index is 1.69. The Bertz CT molecular complexity index is 644. The molecule has 2 rings (SSSR count). The number of hydrazine groups is 1. The number of para-hydroxylation sites is 2. The van der Waals surface area contributed by atoms with Gasteiger partial charge < -0.3 is 30.6 Å². The van der Waals surface area contributed by atoms with Gasteiger partial charge in [-0.1, -0.05) is 12.1 Å². The number of likely N-dealkylation sites (N-methyl/N-ethyl adjacent to an activating group) is 1. The Hall–Kier alpha value is -2.52. The normalized spacial score (nSPS) is 15.3. The van der Waals surface area contributed by atoms with E-state index in [9.17, 15) is 10.0 Å². The fourth-order valence-corrected chi connectivity index (χ4v) is 2.25. The van der Waals surface area contributed by atoms with Gasteiger partial charge in [-0.05, 0) is 40.0 Å². The fraction of sp³-hybridized carbons (Fsp3) is 0.529. The number of amides is 1. The molecule has 9 nitrogen and oxygen atoms in total. The van der Waals surface area contributed by atoms with Crippen LogP contribution in [0.1, 0.15) is 20.8 Å². The van der Waals surface area contributed by atoms with Gasteiger partial charge in [0.05, 0.1) is 17.9 Å². The van der Waals surface area contributed by atoms with E-state index in [-0.39, 0.29) is 0 Å². The van der Waals surface area contributed by atoms with Gasteiger partial charge in [-0.3, -0.25) is 10.4 Å². The van der Waals surface area contributed by atoms with E-state index in [0.717, 1.165) is 5.69 Å². The third-order valence-corrected chi connectivity index (χ3v) is 3.50. The van der Waals surface area contributed by atoms with Crippen molar-refractivity contribution in [2.75, 3.05) is 43.7 Å². The van der Waals surface area contributed by atoms with Crippen molar-refractivity contribution in [3.05, 3.63) is 29.5 Å². The van der Waals surface area contributed by atoms with Gasteiger partial charge in [0.15, 0.2) is 0 Å². The minimum Gasteiger partial charge on any atom is -0.739 e. The average molecular weight is 363 g/mol. The van der Waals surface area contributed by atoms with E-state index in [1.54, 1.807) is 12.1 Å². The fourth-order valence-electron chi connectivity index (χ4n) is 2.25. The molecule has 1 aromatic carbocycles. The summed E-state index contributed by atoms with van der Waals surface area (Å²) in [5.41, 5.74) is 3.39. The van der Waals surface area contributed by atoms with Crippen LogP contribution >= 0.6 is 0 Å². The highest BCUT2D eigenvalue weighted by atomic mass is 16.6. The largest absolute Gasteiger partial charge is 0.739 e. The van der Waals surface area contributed by atoms with Gasteiger partial charge in [0.25, 0.3) is 0 Å². The van der Waals surface area contributed by atoms with Gasteiger partial charge in [-0.2, -0.15) is 0 Å². The van der Waals surface area contributed by atoms with Gasteiger partial charge in [-0.25, -0.2) is 4.79 Å². The lowest BCUT2D eigenvalue weighted by atomic mass is 10.2. The number of alkyl carbamates (subject to hydrolysis) is 1. The van der Waals surface area contributed by atoms with E-state index in [4.69, 9.17) is 4.74 Å². The highest BCUT2D eigenvalue weighted by molar-refractivity contribution is 6.00. The highest BCUT2D eigenvalue weighted by Crippen LogP contribution is 2.26. The number of anilines is 2. The third kappa shape index (κ3) is 6.41. The minimum atomic E-state index is -0.500. The summed E-state index contributed by atoms with van der Waals surface area (Å²) in [5, 5.41) is 18.4. The molecule has 0 aromatic heterocycles. The molecule has 3 N–H and O–H groups in total. The maximum absolute atomic E-state index is 11.9. The van der Waals surface area contributed by atoms with Crippen LogP contribution in [0.5, 0.6) is 0 Å². The molecular weight excluding hydrogens is 336 g/mol. The van der Waals surface area contributed by atoms with E-state index < -0.39 is 11.7 Å². The number of hydrogen-bond donors (Lipinski definition) is 3. The number of nitrogens with one attached hydrogen (secondary N) is 3. The molecule has 0 radical (unpaired) electrons. The van der Waals surface area contributed by atoms with Crippen LogP contribution in [-0.2, 0) is 4.74 Å². The van der Waals surface area contributed by atoms with E-state index in [2.05, 4.69) is 21.1 Å². The molecule has 0 spiro atoms. The van der Waals surface area contributed by atoms with Crippen molar-refractivity contribution in [1.29, 1.82) is 0 Å². The molecule has 1 aliphatic rings. The molecular formula is C17H27N6O3-. The van der Waals surface area contributed by atoms with Crippen molar-refractivity contribution >= 4 is 23.4 Å². The molecule has 9 heteroatoms. The average Bonchev–Trinajstić information content (AvgIpc) is 2.53. The standard InChI is InChI=1S/C17H27N6O3/c1-17(2,3)26-16(24)19-10-12-22(4)11-9-18-15-20-13-7-5-6-8-14(13)23(25)21-15/h5-8H,9-12H2,1-4H3,(H,19,24)(H2,18,20,21)/q-1. The minimum absolute atomic E-state index is 0.416. The van der Waals surface area contributed by atoms with Crippen LogP contribution in [0.15, 0.2) is 29.3 Å². The number of carbonyl (C=O) groups excluding carboxylic acids is 1. The summed E-state index contributed by atoms with van der Waals surface area (Å²) in [4.78, 5) is 18.0. The number of hydrogen-bond acceptors (Lipinski definition) is 6. The van der Waals surface area contributed by atoms with Crippen LogP contribution in [0.2, 0.25) is 0 Å². The summed E-state index contributed by atoms with van der Waals surface area (Å²) in [6.07, 6.45) is -0.420. The predicted molar refractivity (Wildman–Crippen MR) is 103 cm³/mol. The maximum atomic E-state index is 11.9. The van der Waals surface area contributed by atoms with Gasteiger partial charge in [0, 0.05) is 19.6 Å². The predicted octanol–water partition coefficient (Wildman–Crippen LogP) is 1.73. The van der Waals surface area contributed by atoms with Crippen molar-refractivity contribution < 1.29 is 9.53 Å². The smallest absolute Gasteiger partial charge is 0.407 e. The van der Waals surface area contributed by atoms with Crippen molar-refractivity contribution in [2.24, 2.45) is 4.99 Å². The number of fused-ring (bicyclic) bond motifs is 1. The first-order chi connectivity index (χ1) is 12.2. The van der Waals surface area contributed by atoms with Crippen molar-refractivity contribution in [2.45, 2.75) is 26.4 Å².